The zero-order chi connectivity index (χ0) is 10.9. The maximum absolute atomic E-state index is 12.0. The van der Waals surface area contributed by atoms with E-state index in [0.29, 0.717) is 6.08 Å². The molecule has 14 heavy (non-hydrogen) atoms. The molecule has 0 radical (unpaired) electrons. The zero-order valence-electron chi connectivity index (χ0n) is 7.13. The summed E-state index contributed by atoms with van der Waals surface area (Å²) in [5.74, 6) is -2.75. The van der Waals surface area contributed by atoms with Gasteiger partial charge < -0.3 is 0 Å². The molecule has 1 atom stereocenters. The minimum Gasteiger partial charge on any atom is -0.299 e. The summed E-state index contributed by atoms with van der Waals surface area (Å²) in [5, 5.41) is 0. The summed E-state index contributed by atoms with van der Waals surface area (Å²) >= 11 is 0. The van der Waals surface area contributed by atoms with E-state index in [1.165, 1.54) is 0 Å². The third-order valence-electron chi connectivity index (χ3n) is 1.67. The lowest BCUT2D eigenvalue weighted by atomic mass is 10.0. The number of dihydropyridines is 1. The number of nitrogens with zero attached hydrogens (tertiary/aromatic N) is 1. The van der Waals surface area contributed by atoms with Crippen LogP contribution in [0, 0.1) is 5.92 Å². The van der Waals surface area contributed by atoms with Gasteiger partial charge >= 0.3 is 6.18 Å². The molecule has 1 heterocycles. The van der Waals surface area contributed by atoms with Gasteiger partial charge in [0.05, 0.1) is 0 Å². The average Bonchev–Trinajstić information content (AvgIpc) is 2.01. The Labute approximate surface area is 77.3 Å². The van der Waals surface area contributed by atoms with Crippen molar-refractivity contribution in [3.63, 3.8) is 0 Å². The normalized spacial score (nSPS) is 22.1. The summed E-state index contributed by atoms with van der Waals surface area (Å²) in [6.07, 6.45) is -3.08. The van der Waals surface area contributed by atoms with Crippen LogP contribution in [0.1, 0.15) is 6.92 Å². The molecule has 1 aliphatic heterocycles. The average molecular weight is 205 g/mol. The number of alkyl halides is 3. The lowest BCUT2D eigenvalue weighted by molar-refractivity contribution is -0.129. The van der Waals surface area contributed by atoms with Gasteiger partial charge in [-0.05, 0) is 13.0 Å². The Morgan fingerprint density at radius 3 is 2.43 bits per heavy atom. The van der Waals surface area contributed by atoms with Gasteiger partial charge in [-0.25, -0.2) is 4.99 Å². The van der Waals surface area contributed by atoms with Gasteiger partial charge in [0, 0.05) is 0 Å². The van der Waals surface area contributed by atoms with E-state index in [4.69, 9.17) is 0 Å². The predicted octanol–water partition coefficient (Wildman–Crippen LogP) is 1.29. The molecule has 0 aromatic carbocycles. The Kier molecular flexibility index (Phi) is 2.55. The van der Waals surface area contributed by atoms with Gasteiger partial charge in [-0.3, -0.25) is 9.59 Å². The number of amides is 1. The lowest BCUT2D eigenvalue weighted by Crippen LogP contribution is -2.29. The first-order valence-corrected chi connectivity index (χ1v) is 3.71. The lowest BCUT2D eigenvalue weighted by Gasteiger charge is -2.13. The van der Waals surface area contributed by atoms with Gasteiger partial charge in [0.25, 0.3) is 5.91 Å². The first-order chi connectivity index (χ1) is 6.32. The fourth-order valence-electron chi connectivity index (χ4n) is 0.962. The Balaban J connectivity index is 2.94. The molecule has 1 rings (SSSR count). The molecule has 3 nitrogen and oxygen atoms in total. The first kappa shape index (κ1) is 10.6. The van der Waals surface area contributed by atoms with Crippen LogP contribution >= 0.6 is 0 Å². The van der Waals surface area contributed by atoms with Crippen LogP contribution in [0.4, 0.5) is 13.2 Å². The minimum absolute atomic E-state index is 0.517. The summed E-state index contributed by atoms with van der Waals surface area (Å²) in [5.41, 5.74) is -1.26. The number of rotatable bonds is 1. The number of hydrogen-bond donors (Lipinski definition) is 0. The van der Waals surface area contributed by atoms with Gasteiger partial charge in [-0.2, -0.15) is 13.2 Å². The Bertz CT molecular complexity index is 341. The van der Waals surface area contributed by atoms with Crippen molar-refractivity contribution in [1.29, 1.82) is 0 Å². The van der Waals surface area contributed by atoms with Crippen LogP contribution in [-0.2, 0) is 9.59 Å². The van der Waals surface area contributed by atoms with Crippen molar-refractivity contribution in [1.82, 2.24) is 0 Å². The molecule has 1 unspecified atom stereocenters. The largest absolute Gasteiger partial charge is 0.433 e. The molecule has 0 fully saturated rings. The second-order valence-electron chi connectivity index (χ2n) is 2.78. The SMILES string of the molecule is CC(=O)C1C=CC(C(F)(F)F)=NC1=O. The fourth-order valence-corrected chi connectivity index (χ4v) is 0.962. The fraction of sp³-hybridized carbons (Fsp3) is 0.375. The first-order valence-electron chi connectivity index (χ1n) is 3.71. The van der Waals surface area contributed by atoms with Gasteiger partial charge in [-0.15, -0.1) is 0 Å². The van der Waals surface area contributed by atoms with E-state index in [1.807, 2.05) is 0 Å². The molecule has 0 spiro atoms. The van der Waals surface area contributed by atoms with Gasteiger partial charge in [0.15, 0.2) is 0 Å². The van der Waals surface area contributed by atoms with Crippen LogP contribution in [0.25, 0.3) is 0 Å². The van der Waals surface area contributed by atoms with Crippen LogP contribution in [-0.4, -0.2) is 23.6 Å². The second kappa shape index (κ2) is 3.36. The molecule has 0 saturated heterocycles. The molecule has 76 valence electrons. The summed E-state index contributed by atoms with van der Waals surface area (Å²) < 4.78 is 36.1. The number of allylic oxidation sites excluding steroid dienone is 1. The van der Waals surface area contributed by atoms with E-state index in [2.05, 4.69) is 4.99 Å². The second-order valence-corrected chi connectivity index (χ2v) is 2.78. The van der Waals surface area contributed by atoms with Crippen LogP contribution in [0.5, 0.6) is 0 Å². The van der Waals surface area contributed by atoms with Crippen molar-refractivity contribution in [2.45, 2.75) is 13.1 Å². The number of ketones is 1. The molecule has 1 aliphatic rings. The maximum Gasteiger partial charge on any atom is 0.433 e. The zero-order valence-corrected chi connectivity index (χ0v) is 7.13. The highest BCUT2D eigenvalue weighted by molar-refractivity contribution is 6.14. The van der Waals surface area contributed by atoms with Gasteiger partial charge in [0.1, 0.15) is 17.4 Å². The number of carbonyl (C=O) groups is 2. The number of aliphatic imine (C=N–C) groups is 1. The van der Waals surface area contributed by atoms with E-state index in [0.717, 1.165) is 13.0 Å². The standard InChI is InChI=1S/C8H6F3NO2/c1-4(13)5-2-3-6(8(9,10)11)12-7(5)14/h2-3,5H,1H3. The van der Waals surface area contributed by atoms with E-state index < -0.39 is 29.5 Å². The molecule has 0 aromatic heterocycles. The number of hydrogen-bond acceptors (Lipinski definition) is 2. The smallest absolute Gasteiger partial charge is 0.299 e. The van der Waals surface area contributed by atoms with Crippen LogP contribution < -0.4 is 0 Å². The van der Waals surface area contributed by atoms with Crippen LogP contribution in [0.3, 0.4) is 0 Å². The van der Waals surface area contributed by atoms with Crippen molar-refractivity contribution in [3.05, 3.63) is 12.2 Å². The van der Waals surface area contributed by atoms with Gasteiger partial charge in [0.2, 0.25) is 0 Å². The molecule has 0 N–H and O–H groups in total. The van der Waals surface area contributed by atoms with Crippen molar-refractivity contribution in [2.75, 3.05) is 0 Å². The van der Waals surface area contributed by atoms with Crippen molar-refractivity contribution < 1.29 is 22.8 Å². The molecule has 1 amide bonds. The highest BCUT2D eigenvalue weighted by atomic mass is 19.4. The summed E-state index contributed by atoms with van der Waals surface area (Å²) in [7, 11) is 0. The van der Waals surface area contributed by atoms with Crippen LogP contribution in [0.15, 0.2) is 17.1 Å². The third-order valence-corrected chi connectivity index (χ3v) is 1.67. The molecule has 6 heteroatoms. The third kappa shape index (κ3) is 2.07. The topological polar surface area (TPSA) is 46.5 Å². The number of Topliss-reactive ketones (excluding diaryl/α,β-unsaturated/α-hetero) is 1. The molecule has 0 aromatic rings. The molecule has 0 bridgehead atoms. The summed E-state index contributed by atoms with van der Waals surface area (Å²) in [4.78, 5) is 24.5. The maximum atomic E-state index is 12.0. The Morgan fingerprint density at radius 1 is 1.50 bits per heavy atom. The van der Waals surface area contributed by atoms with Crippen LogP contribution in [0.2, 0.25) is 0 Å². The van der Waals surface area contributed by atoms with E-state index in [1.54, 1.807) is 0 Å². The van der Waals surface area contributed by atoms with Crippen molar-refractivity contribution in [2.24, 2.45) is 10.9 Å². The summed E-state index contributed by atoms with van der Waals surface area (Å²) in [6.45, 7) is 1.13. The molecular formula is C8H6F3NO2. The Morgan fingerprint density at radius 2 is 2.07 bits per heavy atom. The van der Waals surface area contributed by atoms with Crippen molar-refractivity contribution >= 4 is 17.4 Å². The number of carbonyl (C=O) groups excluding carboxylic acids is 2. The summed E-state index contributed by atoms with van der Waals surface area (Å²) in [6, 6.07) is 0. The van der Waals surface area contributed by atoms with E-state index in [-0.39, 0.29) is 0 Å². The van der Waals surface area contributed by atoms with E-state index in [9.17, 15) is 22.8 Å². The molecule has 0 aliphatic carbocycles. The minimum atomic E-state index is -4.64. The molecular weight excluding hydrogens is 199 g/mol. The predicted molar refractivity (Wildman–Crippen MR) is 41.8 cm³/mol. The van der Waals surface area contributed by atoms with Crippen molar-refractivity contribution in [3.8, 4) is 0 Å². The quantitative estimate of drug-likeness (QED) is 0.605. The van der Waals surface area contributed by atoms with E-state index >= 15 is 0 Å². The Hall–Kier alpha value is -1.46. The number of halogens is 3. The molecule has 0 saturated carbocycles. The monoisotopic (exact) mass is 205 g/mol. The highest BCUT2D eigenvalue weighted by Crippen LogP contribution is 2.22. The highest BCUT2D eigenvalue weighted by Gasteiger charge is 2.37. The van der Waals surface area contributed by atoms with Gasteiger partial charge in [-0.1, -0.05) is 6.08 Å².